The van der Waals surface area contributed by atoms with Crippen LogP contribution in [0.15, 0.2) is 12.4 Å². The SMILES string of the molecule is N#Cc1cnn(Cc2nnc(C3CC3)n2C2CC2)c1. The number of rotatable bonds is 4. The van der Waals surface area contributed by atoms with Gasteiger partial charge >= 0.3 is 0 Å². The van der Waals surface area contributed by atoms with E-state index in [0.29, 0.717) is 24.1 Å². The Hall–Kier alpha value is -2.16. The van der Waals surface area contributed by atoms with Crippen molar-refractivity contribution in [1.82, 2.24) is 24.5 Å². The molecule has 2 fully saturated rings. The van der Waals surface area contributed by atoms with Crippen LogP contribution in [0.4, 0.5) is 0 Å². The molecule has 0 spiro atoms. The molecule has 0 radical (unpaired) electrons. The van der Waals surface area contributed by atoms with Gasteiger partial charge in [-0.3, -0.25) is 4.68 Å². The first kappa shape index (κ1) is 10.7. The molecule has 4 rings (SSSR count). The molecule has 0 N–H and O–H groups in total. The van der Waals surface area contributed by atoms with Crippen molar-refractivity contribution >= 4 is 0 Å². The summed E-state index contributed by atoms with van der Waals surface area (Å²) in [6.45, 7) is 0.595. The predicted octanol–water partition coefficient (Wildman–Crippen LogP) is 1.61. The third-order valence-corrected chi connectivity index (χ3v) is 3.71. The lowest BCUT2D eigenvalue weighted by molar-refractivity contribution is 0.586. The fraction of sp³-hybridized carbons (Fsp3) is 0.538. The molecule has 0 aliphatic heterocycles. The third-order valence-electron chi connectivity index (χ3n) is 3.71. The second kappa shape index (κ2) is 3.92. The highest BCUT2D eigenvalue weighted by atomic mass is 15.3. The largest absolute Gasteiger partial charge is 0.310 e. The Labute approximate surface area is 110 Å². The number of hydrogen-bond acceptors (Lipinski definition) is 4. The van der Waals surface area contributed by atoms with Gasteiger partial charge in [-0.25, -0.2) is 0 Å². The molecule has 2 aromatic rings. The minimum Gasteiger partial charge on any atom is -0.310 e. The van der Waals surface area contributed by atoms with E-state index in [1.165, 1.54) is 25.7 Å². The zero-order valence-electron chi connectivity index (χ0n) is 10.5. The summed E-state index contributed by atoms with van der Waals surface area (Å²) >= 11 is 0. The minimum absolute atomic E-state index is 0.583. The normalized spacial score (nSPS) is 18.5. The van der Waals surface area contributed by atoms with Crippen LogP contribution in [0.5, 0.6) is 0 Å². The molecule has 0 saturated heterocycles. The van der Waals surface area contributed by atoms with Crippen molar-refractivity contribution in [1.29, 1.82) is 5.26 Å². The van der Waals surface area contributed by atoms with Crippen LogP contribution in [-0.4, -0.2) is 24.5 Å². The van der Waals surface area contributed by atoms with Crippen molar-refractivity contribution in [3.05, 3.63) is 29.6 Å². The van der Waals surface area contributed by atoms with Gasteiger partial charge in [-0.15, -0.1) is 10.2 Å². The Balaban J connectivity index is 1.65. The van der Waals surface area contributed by atoms with Gasteiger partial charge in [0.25, 0.3) is 0 Å². The zero-order valence-corrected chi connectivity index (χ0v) is 10.5. The second-order valence-electron chi connectivity index (χ2n) is 5.39. The highest BCUT2D eigenvalue weighted by Crippen LogP contribution is 2.44. The van der Waals surface area contributed by atoms with Gasteiger partial charge in [0.1, 0.15) is 18.4 Å². The van der Waals surface area contributed by atoms with Crippen LogP contribution in [0.3, 0.4) is 0 Å². The van der Waals surface area contributed by atoms with Crippen molar-refractivity contribution in [2.24, 2.45) is 0 Å². The van der Waals surface area contributed by atoms with Crippen molar-refractivity contribution < 1.29 is 0 Å². The highest BCUT2D eigenvalue weighted by molar-refractivity contribution is 5.22. The molecule has 0 bridgehead atoms. The molecule has 0 aromatic carbocycles. The summed E-state index contributed by atoms with van der Waals surface area (Å²) in [5, 5.41) is 21.7. The Morgan fingerprint density at radius 1 is 1.26 bits per heavy atom. The number of nitriles is 1. The first-order chi connectivity index (χ1) is 9.35. The lowest BCUT2D eigenvalue weighted by Crippen LogP contribution is -2.10. The molecule has 0 atom stereocenters. The maximum Gasteiger partial charge on any atom is 0.155 e. The van der Waals surface area contributed by atoms with Gasteiger partial charge < -0.3 is 4.57 Å². The summed E-state index contributed by atoms with van der Waals surface area (Å²) in [7, 11) is 0. The lowest BCUT2D eigenvalue weighted by atomic mass is 10.3. The average molecular weight is 254 g/mol. The monoisotopic (exact) mass is 254 g/mol. The minimum atomic E-state index is 0.583. The van der Waals surface area contributed by atoms with E-state index >= 15 is 0 Å². The van der Waals surface area contributed by atoms with Gasteiger partial charge in [0.15, 0.2) is 5.82 Å². The first-order valence-electron chi connectivity index (χ1n) is 6.71. The molecule has 19 heavy (non-hydrogen) atoms. The van der Waals surface area contributed by atoms with Crippen LogP contribution in [0, 0.1) is 11.3 Å². The number of hydrogen-bond donors (Lipinski definition) is 0. The molecular weight excluding hydrogens is 240 g/mol. The van der Waals surface area contributed by atoms with Crippen LogP contribution in [-0.2, 0) is 6.54 Å². The molecule has 0 amide bonds. The number of aromatic nitrogens is 5. The van der Waals surface area contributed by atoms with Crippen LogP contribution in [0.1, 0.15) is 54.9 Å². The molecule has 2 saturated carbocycles. The van der Waals surface area contributed by atoms with Crippen molar-refractivity contribution in [3.8, 4) is 6.07 Å². The van der Waals surface area contributed by atoms with Gasteiger partial charge in [0, 0.05) is 18.2 Å². The van der Waals surface area contributed by atoms with Crippen LogP contribution in [0.2, 0.25) is 0 Å². The smallest absolute Gasteiger partial charge is 0.155 e. The van der Waals surface area contributed by atoms with E-state index in [9.17, 15) is 0 Å². The highest BCUT2D eigenvalue weighted by Gasteiger charge is 2.36. The summed E-state index contributed by atoms with van der Waals surface area (Å²) in [6, 6.07) is 2.68. The molecule has 2 heterocycles. The molecule has 0 unspecified atom stereocenters. The van der Waals surface area contributed by atoms with Gasteiger partial charge in [-0.2, -0.15) is 10.4 Å². The molecule has 96 valence electrons. The van der Waals surface area contributed by atoms with E-state index in [4.69, 9.17) is 5.26 Å². The van der Waals surface area contributed by atoms with Gasteiger partial charge in [0.05, 0.1) is 11.8 Å². The Morgan fingerprint density at radius 2 is 2.11 bits per heavy atom. The van der Waals surface area contributed by atoms with Crippen molar-refractivity contribution in [3.63, 3.8) is 0 Å². The molecule has 2 aliphatic rings. The summed E-state index contributed by atoms with van der Waals surface area (Å²) in [5.74, 6) is 2.75. The fourth-order valence-corrected chi connectivity index (χ4v) is 2.45. The van der Waals surface area contributed by atoms with E-state index < -0.39 is 0 Å². The molecule has 6 heteroatoms. The first-order valence-corrected chi connectivity index (χ1v) is 6.71. The fourth-order valence-electron chi connectivity index (χ4n) is 2.45. The van der Waals surface area contributed by atoms with Gasteiger partial charge in [-0.1, -0.05) is 0 Å². The maximum atomic E-state index is 8.82. The molecule has 2 aliphatic carbocycles. The van der Waals surface area contributed by atoms with E-state index in [-0.39, 0.29) is 0 Å². The lowest BCUT2D eigenvalue weighted by Gasteiger charge is -2.08. The van der Waals surface area contributed by atoms with Gasteiger partial charge in [-0.05, 0) is 25.7 Å². The van der Waals surface area contributed by atoms with Crippen LogP contribution >= 0.6 is 0 Å². The topological polar surface area (TPSA) is 72.3 Å². The zero-order chi connectivity index (χ0) is 12.8. The average Bonchev–Trinajstić information content (AvgIpc) is 3.35. The van der Waals surface area contributed by atoms with E-state index in [0.717, 1.165) is 11.6 Å². The van der Waals surface area contributed by atoms with Crippen molar-refractivity contribution in [2.45, 2.75) is 44.2 Å². The number of nitrogens with zero attached hydrogens (tertiary/aromatic N) is 6. The standard InChI is InChI=1S/C13H14N6/c14-5-9-6-15-18(7-9)8-12-16-17-13(10-1-2-10)19(12)11-3-4-11/h6-7,10-11H,1-4,8H2. The quantitative estimate of drug-likeness (QED) is 0.830. The second-order valence-corrected chi connectivity index (χ2v) is 5.39. The van der Waals surface area contributed by atoms with E-state index in [1.807, 2.05) is 0 Å². The van der Waals surface area contributed by atoms with E-state index in [1.54, 1.807) is 17.1 Å². The maximum absolute atomic E-state index is 8.82. The molecular formula is C13H14N6. The molecule has 6 nitrogen and oxygen atoms in total. The summed E-state index contributed by atoms with van der Waals surface area (Å²) < 4.78 is 4.07. The Kier molecular flexibility index (Phi) is 2.21. The summed E-state index contributed by atoms with van der Waals surface area (Å²) in [6.07, 6.45) is 8.28. The van der Waals surface area contributed by atoms with E-state index in [2.05, 4.69) is 25.9 Å². The van der Waals surface area contributed by atoms with Crippen LogP contribution in [0.25, 0.3) is 0 Å². The van der Waals surface area contributed by atoms with Crippen LogP contribution < -0.4 is 0 Å². The van der Waals surface area contributed by atoms with Crippen molar-refractivity contribution in [2.75, 3.05) is 0 Å². The molecule has 2 aromatic heterocycles. The Bertz CT molecular complexity index is 653. The third kappa shape index (κ3) is 1.91. The predicted molar refractivity (Wildman–Crippen MR) is 66.3 cm³/mol. The Morgan fingerprint density at radius 3 is 2.74 bits per heavy atom. The summed E-state index contributed by atoms with van der Waals surface area (Å²) in [4.78, 5) is 0. The summed E-state index contributed by atoms with van der Waals surface area (Å²) in [5.41, 5.74) is 0.583. The van der Waals surface area contributed by atoms with Gasteiger partial charge in [0.2, 0.25) is 0 Å².